The van der Waals surface area contributed by atoms with Crippen molar-refractivity contribution in [1.29, 1.82) is 0 Å². The third-order valence-electron chi connectivity index (χ3n) is 3.88. The predicted molar refractivity (Wildman–Crippen MR) is 99.0 cm³/mol. The summed E-state index contributed by atoms with van der Waals surface area (Å²) in [7, 11) is 0. The molecule has 0 aliphatic carbocycles. The summed E-state index contributed by atoms with van der Waals surface area (Å²) >= 11 is 5.87. The van der Waals surface area contributed by atoms with Gasteiger partial charge in [-0.1, -0.05) is 47.1 Å². The predicted octanol–water partition coefficient (Wildman–Crippen LogP) is 5.21. The maximum Gasteiger partial charge on any atom is 0.159 e. The highest BCUT2D eigenvalue weighted by Crippen LogP contribution is 2.27. The summed E-state index contributed by atoms with van der Waals surface area (Å²) < 4.78 is 5.76. The lowest BCUT2D eigenvalue weighted by molar-refractivity contribution is 0.321. The lowest BCUT2D eigenvalue weighted by Gasteiger charge is -2.14. The van der Waals surface area contributed by atoms with E-state index in [1.165, 1.54) is 0 Å². The minimum absolute atomic E-state index is 0.493. The van der Waals surface area contributed by atoms with Crippen molar-refractivity contribution in [2.75, 3.05) is 6.61 Å². The Kier molecular flexibility index (Phi) is 5.75. The van der Waals surface area contributed by atoms with Gasteiger partial charge in [0.15, 0.2) is 6.04 Å². The van der Waals surface area contributed by atoms with Gasteiger partial charge in [0.1, 0.15) is 5.75 Å². The third kappa shape index (κ3) is 4.43. The zero-order valence-electron chi connectivity index (χ0n) is 13.5. The van der Waals surface area contributed by atoms with Gasteiger partial charge in [0, 0.05) is 17.6 Å². The van der Waals surface area contributed by atoms with Gasteiger partial charge in [0.2, 0.25) is 0 Å². The van der Waals surface area contributed by atoms with E-state index in [0.29, 0.717) is 23.7 Å². The van der Waals surface area contributed by atoms with E-state index in [1.807, 2.05) is 54.6 Å². The number of hydrogen-bond donors (Lipinski definition) is 0. The molecule has 126 valence electrons. The first-order valence-electron chi connectivity index (χ1n) is 7.97. The molecule has 2 aromatic carbocycles. The molecule has 0 bridgehead atoms. The van der Waals surface area contributed by atoms with Crippen LogP contribution in [-0.2, 0) is 6.42 Å². The van der Waals surface area contributed by atoms with Crippen molar-refractivity contribution in [3.05, 3.63) is 99.7 Å². The lowest BCUT2D eigenvalue weighted by Crippen LogP contribution is -2.07. The number of nitroso groups, excluding NO2 is 1. The molecule has 0 aliphatic heterocycles. The van der Waals surface area contributed by atoms with Crippen LogP contribution in [0.4, 0.5) is 0 Å². The van der Waals surface area contributed by atoms with Gasteiger partial charge < -0.3 is 4.74 Å². The van der Waals surface area contributed by atoms with Crippen LogP contribution in [0.15, 0.2) is 78.1 Å². The maximum atomic E-state index is 11.5. The SMILES string of the molecule is O=NC(c1ccccn1)c1ccccc1CCOc1ccc(Cl)cc1. The highest BCUT2D eigenvalue weighted by atomic mass is 35.5. The Labute approximate surface area is 151 Å². The fraction of sp³-hybridized carbons (Fsp3) is 0.150. The van der Waals surface area contributed by atoms with Crippen LogP contribution < -0.4 is 4.74 Å². The van der Waals surface area contributed by atoms with Crippen LogP contribution in [0.5, 0.6) is 5.75 Å². The van der Waals surface area contributed by atoms with E-state index in [-0.39, 0.29) is 0 Å². The summed E-state index contributed by atoms with van der Waals surface area (Å²) in [6.45, 7) is 0.493. The van der Waals surface area contributed by atoms with Gasteiger partial charge >= 0.3 is 0 Å². The van der Waals surface area contributed by atoms with Gasteiger partial charge in [-0.25, -0.2) is 0 Å². The third-order valence-corrected chi connectivity index (χ3v) is 4.13. The molecule has 1 atom stereocenters. The van der Waals surface area contributed by atoms with Crippen LogP contribution in [0.1, 0.15) is 22.9 Å². The molecule has 3 rings (SSSR count). The highest BCUT2D eigenvalue weighted by molar-refractivity contribution is 6.30. The highest BCUT2D eigenvalue weighted by Gasteiger charge is 2.18. The lowest BCUT2D eigenvalue weighted by atomic mass is 9.96. The fourth-order valence-corrected chi connectivity index (χ4v) is 2.77. The Morgan fingerprint density at radius 2 is 1.76 bits per heavy atom. The van der Waals surface area contributed by atoms with Gasteiger partial charge in [-0.3, -0.25) is 4.98 Å². The molecule has 5 heteroatoms. The van der Waals surface area contributed by atoms with Crippen LogP contribution in [0.2, 0.25) is 5.02 Å². The molecule has 1 aromatic heterocycles. The van der Waals surface area contributed by atoms with Crippen molar-refractivity contribution in [1.82, 2.24) is 4.98 Å². The average Bonchev–Trinajstić information content (AvgIpc) is 2.66. The Morgan fingerprint density at radius 3 is 2.48 bits per heavy atom. The first kappa shape index (κ1) is 17.1. The van der Waals surface area contributed by atoms with E-state index in [4.69, 9.17) is 16.3 Å². The first-order chi connectivity index (χ1) is 12.3. The van der Waals surface area contributed by atoms with Gasteiger partial charge in [0.25, 0.3) is 0 Å². The summed E-state index contributed by atoms with van der Waals surface area (Å²) in [6.07, 6.45) is 2.33. The summed E-state index contributed by atoms with van der Waals surface area (Å²) in [5.74, 6) is 0.761. The van der Waals surface area contributed by atoms with E-state index in [1.54, 1.807) is 18.3 Å². The normalized spacial score (nSPS) is 11.7. The van der Waals surface area contributed by atoms with Crippen molar-refractivity contribution in [3.63, 3.8) is 0 Å². The van der Waals surface area contributed by atoms with Gasteiger partial charge in [0.05, 0.1) is 12.3 Å². The van der Waals surface area contributed by atoms with Crippen LogP contribution >= 0.6 is 11.6 Å². The average molecular weight is 353 g/mol. The molecular formula is C20H17ClN2O2. The van der Waals surface area contributed by atoms with Crippen molar-refractivity contribution < 1.29 is 4.74 Å². The first-order valence-corrected chi connectivity index (χ1v) is 8.35. The topological polar surface area (TPSA) is 51.5 Å². The van der Waals surface area contributed by atoms with Gasteiger partial charge in [-0.05, 0) is 47.5 Å². The number of benzene rings is 2. The van der Waals surface area contributed by atoms with E-state index < -0.39 is 6.04 Å². The quantitative estimate of drug-likeness (QED) is 0.548. The summed E-state index contributed by atoms with van der Waals surface area (Å²) in [4.78, 5) is 15.7. The summed E-state index contributed by atoms with van der Waals surface area (Å²) in [5, 5.41) is 3.97. The molecule has 1 unspecified atom stereocenters. The zero-order valence-corrected chi connectivity index (χ0v) is 14.3. The molecule has 0 amide bonds. The molecule has 0 radical (unpaired) electrons. The van der Waals surface area contributed by atoms with E-state index in [9.17, 15) is 4.91 Å². The van der Waals surface area contributed by atoms with E-state index in [0.717, 1.165) is 16.9 Å². The molecule has 0 aliphatic rings. The second-order valence-corrected chi connectivity index (χ2v) is 5.95. The number of rotatable bonds is 7. The molecule has 0 saturated heterocycles. The number of halogens is 1. The second-order valence-electron chi connectivity index (χ2n) is 5.51. The molecule has 4 nitrogen and oxygen atoms in total. The zero-order chi connectivity index (χ0) is 17.5. The minimum Gasteiger partial charge on any atom is -0.493 e. The second kappa shape index (κ2) is 8.40. The molecule has 0 fully saturated rings. The number of nitrogens with zero attached hydrogens (tertiary/aromatic N) is 2. The molecule has 0 saturated carbocycles. The summed E-state index contributed by atoms with van der Waals surface area (Å²) in [5.41, 5.74) is 2.52. The maximum absolute atomic E-state index is 11.5. The number of aromatic nitrogens is 1. The van der Waals surface area contributed by atoms with E-state index >= 15 is 0 Å². The molecule has 0 spiro atoms. The van der Waals surface area contributed by atoms with Crippen molar-refractivity contribution in [3.8, 4) is 5.75 Å². The number of pyridine rings is 1. The van der Waals surface area contributed by atoms with Crippen molar-refractivity contribution in [2.45, 2.75) is 12.5 Å². The monoisotopic (exact) mass is 352 g/mol. The van der Waals surface area contributed by atoms with Gasteiger partial charge in [-0.15, -0.1) is 4.91 Å². The Morgan fingerprint density at radius 1 is 1.00 bits per heavy atom. The molecule has 1 heterocycles. The number of hydrogen-bond acceptors (Lipinski definition) is 4. The van der Waals surface area contributed by atoms with Crippen LogP contribution in [0.3, 0.4) is 0 Å². The fourth-order valence-electron chi connectivity index (χ4n) is 2.65. The van der Waals surface area contributed by atoms with E-state index in [2.05, 4.69) is 10.2 Å². The van der Waals surface area contributed by atoms with Crippen molar-refractivity contribution in [2.24, 2.45) is 5.18 Å². The minimum atomic E-state index is -0.618. The van der Waals surface area contributed by atoms with Crippen molar-refractivity contribution >= 4 is 11.6 Å². The Balaban J connectivity index is 1.74. The number of ether oxygens (including phenoxy) is 1. The van der Waals surface area contributed by atoms with Gasteiger partial charge in [-0.2, -0.15) is 0 Å². The summed E-state index contributed by atoms with van der Waals surface area (Å²) in [6, 6.07) is 19.9. The standard InChI is InChI=1S/C20H17ClN2O2/c21-16-8-10-17(11-9-16)25-14-12-15-5-1-2-6-18(15)20(23-24)19-7-3-4-13-22-19/h1-11,13,20H,12,14H2. The molecular weight excluding hydrogens is 336 g/mol. The van der Waals surface area contributed by atoms with Crippen LogP contribution in [0.25, 0.3) is 0 Å². The Bertz CT molecular complexity index is 823. The largest absolute Gasteiger partial charge is 0.493 e. The smallest absolute Gasteiger partial charge is 0.159 e. The van der Waals surface area contributed by atoms with Crippen LogP contribution in [0, 0.1) is 4.91 Å². The Hall–Kier alpha value is -2.72. The molecule has 3 aromatic rings. The van der Waals surface area contributed by atoms with Crippen LogP contribution in [-0.4, -0.2) is 11.6 Å². The molecule has 0 N–H and O–H groups in total. The molecule has 25 heavy (non-hydrogen) atoms.